The Balaban J connectivity index is 1.37. The van der Waals surface area contributed by atoms with Crippen molar-refractivity contribution in [3.63, 3.8) is 0 Å². The van der Waals surface area contributed by atoms with E-state index in [0.29, 0.717) is 54.6 Å². The number of benzene rings is 2. The van der Waals surface area contributed by atoms with Crippen molar-refractivity contribution in [2.45, 2.75) is 56.5 Å². The second-order valence-corrected chi connectivity index (χ2v) is 11.2. The molecule has 2 aromatic carbocycles. The minimum absolute atomic E-state index is 0.0224. The summed E-state index contributed by atoms with van der Waals surface area (Å²) in [5, 5.41) is 13.0. The molecule has 0 radical (unpaired) electrons. The third-order valence-electron chi connectivity index (χ3n) is 8.78. The highest BCUT2D eigenvalue weighted by Gasteiger charge is 2.44. The Morgan fingerprint density at radius 1 is 1.10 bits per heavy atom. The number of alkyl halides is 1. The lowest BCUT2D eigenvalue weighted by Gasteiger charge is -2.35. The van der Waals surface area contributed by atoms with Crippen molar-refractivity contribution in [3.8, 4) is 5.75 Å². The lowest BCUT2D eigenvalue weighted by Crippen LogP contribution is -2.48. The number of methoxy groups -OCH3 is 1. The summed E-state index contributed by atoms with van der Waals surface area (Å²) in [7, 11) is 1.60. The predicted molar refractivity (Wildman–Crippen MR) is 154 cm³/mol. The van der Waals surface area contributed by atoms with E-state index in [1.165, 1.54) is 6.07 Å². The van der Waals surface area contributed by atoms with Crippen molar-refractivity contribution in [1.82, 2.24) is 9.88 Å². The Hall–Kier alpha value is -3.92. The monoisotopic (exact) mass is 564 g/mol. The van der Waals surface area contributed by atoms with Crippen LogP contribution >= 0.6 is 0 Å². The van der Waals surface area contributed by atoms with Gasteiger partial charge in [-0.1, -0.05) is 12.1 Å². The normalized spacial score (nSPS) is 23.3. The Labute approximate surface area is 238 Å². The number of amides is 2. The van der Waals surface area contributed by atoms with Gasteiger partial charge in [0.15, 0.2) is 0 Å². The zero-order valence-electron chi connectivity index (χ0n) is 23.1. The van der Waals surface area contributed by atoms with Gasteiger partial charge in [0, 0.05) is 41.0 Å². The van der Waals surface area contributed by atoms with Gasteiger partial charge in [-0.3, -0.25) is 14.0 Å². The van der Waals surface area contributed by atoms with Crippen LogP contribution in [0.5, 0.6) is 5.75 Å². The molecule has 5 rings (SSSR count). The maximum atomic E-state index is 13.9. The van der Waals surface area contributed by atoms with E-state index in [-0.39, 0.29) is 41.3 Å². The fourth-order valence-corrected chi connectivity index (χ4v) is 6.50. The van der Waals surface area contributed by atoms with E-state index in [2.05, 4.69) is 10.3 Å². The summed E-state index contributed by atoms with van der Waals surface area (Å²) in [6.07, 6.45) is 3.90. The number of H-pyrrole nitrogens is 1. The predicted octanol–water partition coefficient (Wildman–Crippen LogP) is 4.69. The number of anilines is 1. The van der Waals surface area contributed by atoms with E-state index >= 15 is 0 Å². The molecule has 41 heavy (non-hydrogen) atoms. The number of aromatic amines is 1. The van der Waals surface area contributed by atoms with Gasteiger partial charge in [0.05, 0.1) is 13.8 Å². The topological polar surface area (TPSA) is 138 Å². The average Bonchev–Trinajstić information content (AvgIpc) is 3.62. The second kappa shape index (κ2) is 12.3. The van der Waals surface area contributed by atoms with Crippen molar-refractivity contribution < 1.29 is 28.6 Å². The van der Waals surface area contributed by atoms with Gasteiger partial charge in [-0.15, -0.1) is 0 Å². The first-order valence-electron chi connectivity index (χ1n) is 14.2. The number of hydrogen-bond donors (Lipinski definition) is 4. The number of carbonyl (C=O) groups is 3. The third-order valence-corrected chi connectivity index (χ3v) is 8.78. The van der Waals surface area contributed by atoms with Crippen LogP contribution in [0.1, 0.15) is 60.5 Å². The number of nitrogens with one attached hydrogen (secondary N) is 2. The molecule has 1 aliphatic heterocycles. The third kappa shape index (κ3) is 6.07. The van der Waals surface area contributed by atoms with Crippen LogP contribution in [0.3, 0.4) is 0 Å². The molecule has 2 heterocycles. The van der Waals surface area contributed by atoms with E-state index in [9.17, 15) is 23.9 Å². The van der Waals surface area contributed by atoms with Crippen molar-refractivity contribution in [2.24, 2.45) is 17.6 Å². The van der Waals surface area contributed by atoms with E-state index in [4.69, 9.17) is 10.5 Å². The Kier molecular flexibility index (Phi) is 8.58. The fraction of sp³-hybridized carbons (Fsp3) is 0.452. The minimum Gasteiger partial charge on any atom is -0.497 e. The summed E-state index contributed by atoms with van der Waals surface area (Å²) in [6.45, 7) is 0.0306. The number of rotatable bonds is 9. The molecule has 9 nitrogen and oxygen atoms in total. The first kappa shape index (κ1) is 28.6. The number of carboxylic acid groups (broad SMARTS) is 1. The largest absolute Gasteiger partial charge is 0.497 e. The molecule has 2 amide bonds. The standard InChI is InChI=1S/C31H37FN4O5/c1-41-23-9-6-18(7-10-23)24-13-15-36(30(38)20-4-2-19(3-5-20)25(33)12-14-32)28(24)29(37)34-22-8-11-26-21(16-22)17-27(35-26)31(39)40/h6-11,16-17,19-20,24-25,28,35H,2-5,12-15,33H2,1H3,(H,34,37)(H,39,40)/t19?,20?,24-,25-,28+/m1/s1. The number of ether oxygens (including phenoxy) is 1. The van der Waals surface area contributed by atoms with Crippen LogP contribution in [0.4, 0.5) is 10.1 Å². The lowest BCUT2D eigenvalue weighted by atomic mass is 9.77. The summed E-state index contributed by atoms with van der Waals surface area (Å²) >= 11 is 0. The number of carbonyl (C=O) groups excluding carboxylic acids is 2. The molecule has 2 fully saturated rings. The van der Waals surface area contributed by atoms with Gasteiger partial charge in [-0.05, 0) is 86.4 Å². The molecule has 2 aliphatic rings. The number of carboxylic acids is 1. The smallest absolute Gasteiger partial charge is 0.352 e. The quantitative estimate of drug-likeness (QED) is 0.298. The molecule has 1 saturated carbocycles. The number of nitrogens with zero attached hydrogens (tertiary/aromatic N) is 1. The Morgan fingerprint density at radius 2 is 1.83 bits per heavy atom. The number of halogens is 1. The van der Waals surface area contributed by atoms with Crippen LogP contribution in [0.15, 0.2) is 48.5 Å². The van der Waals surface area contributed by atoms with Crippen LogP contribution in [0.25, 0.3) is 10.9 Å². The highest BCUT2D eigenvalue weighted by atomic mass is 19.1. The van der Waals surface area contributed by atoms with Crippen LogP contribution in [0.2, 0.25) is 0 Å². The van der Waals surface area contributed by atoms with Crippen LogP contribution in [-0.4, -0.2) is 65.2 Å². The first-order valence-corrected chi connectivity index (χ1v) is 14.2. The number of likely N-dealkylation sites (tertiary alicyclic amines) is 1. The summed E-state index contributed by atoms with van der Waals surface area (Å²) in [5.41, 5.74) is 8.35. The summed E-state index contributed by atoms with van der Waals surface area (Å²) < 4.78 is 18.1. The van der Waals surface area contributed by atoms with Gasteiger partial charge in [0.1, 0.15) is 17.5 Å². The van der Waals surface area contributed by atoms with Crippen molar-refractivity contribution in [1.29, 1.82) is 0 Å². The highest BCUT2D eigenvalue weighted by Crippen LogP contribution is 2.39. The molecule has 3 atom stereocenters. The molecule has 0 unspecified atom stereocenters. The molecule has 3 aromatic rings. The molecule has 10 heteroatoms. The van der Waals surface area contributed by atoms with Gasteiger partial charge in [-0.2, -0.15) is 0 Å². The molecular weight excluding hydrogens is 527 g/mol. The van der Waals surface area contributed by atoms with E-state index in [1.54, 1.807) is 30.2 Å². The highest BCUT2D eigenvalue weighted by molar-refractivity contribution is 6.01. The van der Waals surface area contributed by atoms with Crippen molar-refractivity contribution >= 4 is 34.4 Å². The Bertz CT molecular complexity index is 1400. The minimum atomic E-state index is -1.06. The molecule has 0 spiro atoms. The van der Waals surface area contributed by atoms with Gasteiger partial charge in [0.2, 0.25) is 11.8 Å². The lowest BCUT2D eigenvalue weighted by molar-refractivity contribution is -0.141. The van der Waals surface area contributed by atoms with Crippen molar-refractivity contribution in [2.75, 3.05) is 25.6 Å². The van der Waals surface area contributed by atoms with Crippen LogP contribution in [0, 0.1) is 11.8 Å². The molecule has 1 saturated heterocycles. The average molecular weight is 565 g/mol. The molecule has 1 aromatic heterocycles. The maximum absolute atomic E-state index is 13.9. The number of aromatic nitrogens is 1. The van der Waals surface area contributed by atoms with Crippen LogP contribution < -0.4 is 15.8 Å². The van der Waals surface area contributed by atoms with E-state index < -0.39 is 18.7 Å². The first-order chi connectivity index (χ1) is 19.8. The van der Waals surface area contributed by atoms with Crippen LogP contribution in [-0.2, 0) is 9.59 Å². The summed E-state index contributed by atoms with van der Waals surface area (Å²) in [6, 6.07) is 13.4. The van der Waals surface area contributed by atoms with E-state index in [1.807, 2.05) is 24.3 Å². The Morgan fingerprint density at radius 3 is 2.49 bits per heavy atom. The van der Waals surface area contributed by atoms with Gasteiger partial charge < -0.3 is 30.8 Å². The molecule has 5 N–H and O–H groups in total. The van der Waals surface area contributed by atoms with Gasteiger partial charge >= 0.3 is 5.97 Å². The molecular formula is C31H37FN4O5. The SMILES string of the molecule is COc1ccc([C@H]2CCN(C(=O)C3CCC([C@H](N)CCF)CC3)[C@@H]2C(=O)Nc2ccc3[nH]c(C(=O)O)cc3c2)cc1. The molecule has 0 bridgehead atoms. The summed E-state index contributed by atoms with van der Waals surface area (Å²) in [5.74, 6) is -0.844. The zero-order chi connectivity index (χ0) is 29.1. The molecule has 218 valence electrons. The second-order valence-electron chi connectivity index (χ2n) is 11.2. The maximum Gasteiger partial charge on any atom is 0.352 e. The van der Waals surface area contributed by atoms with Gasteiger partial charge in [0.25, 0.3) is 0 Å². The zero-order valence-corrected chi connectivity index (χ0v) is 23.1. The van der Waals surface area contributed by atoms with E-state index in [0.717, 1.165) is 18.4 Å². The van der Waals surface area contributed by atoms with Crippen molar-refractivity contribution in [3.05, 3.63) is 59.8 Å². The fourth-order valence-electron chi connectivity index (χ4n) is 6.50. The molecule has 1 aliphatic carbocycles. The van der Waals surface area contributed by atoms with Gasteiger partial charge in [-0.25, -0.2) is 4.79 Å². The number of hydrogen-bond acceptors (Lipinski definition) is 5. The number of fused-ring (bicyclic) bond motifs is 1. The number of nitrogens with two attached hydrogens (primary N) is 1. The summed E-state index contributed by atoms with van der Waals surface area (Å²) in [4.78, 5) is 43.7. The number of aromatic carboxylic acids is 1.